The Hall–Kier alpha value is -1.12. The van der Waals surface area contributed by atoms with E-state index < -0.39 is 0 Å². The van der Waals surface area contributed by atoms with E-state index in [0.29, 0.717) is 4.58 Å². The second-order valence-corrected chi connectivity index (χ2v) is 7.64. The highest BCUT2D eigenvalue weighted by Crippen LogP contribution is 2.38. The molecule has 0 amide bonds. The standard InChI is InChI=1S/C19H22S2/c1-2-3-4-11-16-19(20-17-12-7-5-8-13-17)21-18-14-9-6-10-15-18/h2-3,5-10,12-15,19H,4,11,16H2,1H3/b3-2+. The Morgan fingerprint density at radius 2 is 1.38 bits per heavy atom. The lowest BCUT2D eigenvalue weighted by Crippen LogP contribution is -1.97. The van der Waals surface area contributed by atoms with Gasteiger partial charge in [-0.25, -0.2) is 0 Å². The fraction of sp³-hybridized carbons (Fsp3) is 0.263. The molecule has 0 aliphatic rings. The molecule has 0 aliphatic carbocycles. The molecule has 0 heterocycles. The summed E-state index contributed by atoms with van der Waals surface area (Å²) in [6.45, 7) is 2.09. The molecule has 0 atom stereocenters. The van der Waals surface area contributed by atoms with Gasteiger partial charge in [-0.1, -0.05) is 48.6 Å². The van der Waals surface area contributed by atoms with Crippen molar-refractivity contribution < 1.29 is 0 Å². The number of hydrogen-bond donors (Lipinski definition) is 0. The molecule has 0 bridgehead atoms. The van der Waals surface area contributed by atoms with Crippen molar-refractivity contribution in [2.75, 3.05) is 0 Å². The molecule has 21 heavy (non-hydrogen) atoms. The van der Waals surface area contributed by atoms with Crippen LogP contribution in [0, 0.1) is 0 Å². The molecule has 2 heteroatoms. The lowest BCUT2D eigenvalue weighted by atomic mass is 10.2. The number of hydrogen-bond acceptors (Lipinski definition) is 2. The third kappa shape index (κ3) is 6.45. The van der Waals surface area contributed by atoms with E-state index in [9.17, 15) is 0 Å². The molecule has 0 saturated heterocycles. The first-order chi connectivity index (χ1) is 10.4. The fourth-order valence-corrected chi connectivity index (χ4v) is 4.68. The summed E-state index contributed by atoms with van der Waals surface area (Å²) in [6, 6.07) is 21.4. The van der Waals surface area contributed by atoms with Crippen molar-refractivity contribution in [1.82, 2.24) is 0 Å². The van der Waals surface area contributed by atoms with Gasteiger partial charge in [-0.15, -0.1) is 23.5 Å². The van der Waals surface area contributed by atoms with Crippen molar-refractivity contribution in [1.29, 1.82) is 0 Å². The highest BCUT2D eigenvalue weighted by Gasteiger charge is 2.11. The smallest absolute Gasteiger partial charge is 0.0596 e. The summed E-state index contributed by atoms with van der Waals surface area (Å²) in [5, 5.41) is 0. The van der Waals surface area contributed by atoms with E-state index in [4.69, 9.17) is 0 Å². The van der Waals surface area contributed by atoms with Crippen LogP contribution in [-0.2, 0) is 0 Å². The van der Waals surface area contributed by atoms with Crippen LogP contribution in [0.2, 0.25) is 0 Å². The molecule has 2 aromatic carbocycles. The van der Waals surface area contributed by atoms with Crippen molar-refractivity contribution in [3.8, 4) is 0 Å². The summed E-state index contributed by atoms with van der Waals surface area (Å²) in [4.78, 5) is 2.72. The Labute approximate surface area is 137 Å². The van der Waals surface area contributed by atoms with Crippen molar-refractivity contribution in [2.45, 2.75) is 40.6 Å². The van der Waals surface area contributed by atoms with E-state index in [1.54, 1.807) is 0 Å². The Morgan fingerprint density at radius 3 is 1.86 bits per heavy atom. The van der Waals surface area contributed by atoms with Gasteiger partial charge < -0.3 is 0 Å². The number of unbranched alkanes of at least 4 members (excludes halogenated alkanes) is 1. The Morgan fingerprint density at radius 1 is 0.857 bits per heavy atom. The van der Waals surface area contributed by atoms with Crippen LogP contribution in [0.5, 0.6) is 0 Å². The van der Waals surface area contributed by atoms with E-state index in [2.05, 4.69) is 79.7 Å². The summed E-state index contributed by atoms with van der Waals surface area (Å²) >= 11 is 3.96. The van der Waals surface area contributed by atoms with Gasteiger partial charge in [0.05, 0.1) is 4.58 Å². The maximum absolute atomic E-state index is 2.26. The summed E-state index contributed by atoms with van der Waals surface area (Å²) in [5.41, 5.74) is 0. The third-order valence-electron chi connectivity index (χ3n) is 3.07. The van der Waals surface area contributed by atoms with Gasteiger partial charge in [0.25, 0.3) is 0 Å². The Kier molecular flexibility index (Phi) is 7.55. The first kappa shape index (κ1) is 16.3. The molecular formula is C19H22S2. The molecular weight excluding hydrogens is 292 g/mol. The SMILES string of the molecule is C/C=C/CCCC(Sc1ccccc1)Sc1ccccc1. The molecule has 0 N–H and O–H groups in total. The maximum Gasteiger partial charge on any atom is 0.0596 e. The predicted molar refractivity (Wildman–Crippen MR) is 97.1 cm³/mol. The van der Waals surface area contributed by atoms with Gasteiger partial charge in [-0.05, 0) is 50.5 Å². The first-order valence-corrected chi connectivity index (χ1v) is 9.19. The molecule has 0 aromatic heterocycles. The first-order valence-electron chi connectivity index (χ1n) is 7.43. The van der Waals surface area contributed by atoms with Crippen LogP contribution in [0.3, 0.4) is 0 Å². The minimum absolute atomic E-state index is 0.569. The zero-order valence-corrected chi connectivity index (χ0v) is 14.1. The molecule has 0 unspecified atom stereocenters. The quantitative estimate of drug-likeness (QED) is 0.232. The van der Waals surface area contributed by atoms with Crippen LogP contribution in [0.15, 0.2) is 82.6 Å². The van der Waals surface area contributed by atoms with E-state index in [1.165, 1.54) is 29.1 Å². The normalized spacial score (nSPS) is 11.3. The zero-order valence-electron chi connectivity index (χ0n) is 12.4. The highest BCUT2D eigenvalue weighted by atomic mass is 32.2. The summed E-state index contributed by atoms with van der Waals surface area (Å²) in [6.07, 6.45) is 8.05. The largest absolute Gasteiger partial charge is 0.111 e. The topological polar surface area (TPSA) is 0 Å². The van der Waals surface area contributed by atoms with Crippen molar-refractivity contribution in [3.05, 3.63) is 72.8 Å². The predicted octanol–water partition coefficient (Wildman–Crippen LogP) is 6.64. The maximum atomic E-state index is 2.26. The lowest BCUT2D eigenvalue weighted by Gasteiger charge is -2.16. The monoisotopic (exact) mass is 314 g/mol. The van der Waals surface area contributed by atoms with Gasteiger partial charge >= 0.3 is 0 Å². The Bertz CT molecular complexity index is 478. The van der Waals surface area contributed by atoms with Crippen LogP contribution in [0.1, 0.15) is 26.2 Å². The van der Waals surface area contributed by atoms with Crippen LogP contribution < -0.4 is 0 Å². The minimum Gasteiger partial charge on any atom is -0.111 e. The van der Waals surface area contributed by atoms with E-state index in [-0.39, 0.29) is 0 Å². The number of allylic oxidation sites excluding steroid dienone is 2. The highest BCUT2D eigenvalue weighted by molar-refractivity contribution is 8.17. The Balaban J connectivity index is 1.96. The molecule has 0 aliphatic heterocycles. The van der Waals surface area contributed by atoms with Crippen molar-refractivity contribution >= 4 is 23.5 Å². The zero-order chi connectivity index (χ0) is 14.8. The summed E-state index contributed by atoms with van der Waals surface area (Å²) in [5.74, 6) is 0. The van der Waals surface area contributed by atoms with Crippen LogP contribution in [-0.4, -0.2) is 4.58 Å². The van der Waals surface area contributed by atoms with Gasteiger partial charge in [0, 0.05) is 9.79 Å². The number of thioether (sulfide) groups is 2. The van der Waals surface area contributed by atoms with Gasteiger partial charge in [-0.2, -0.15) is 0 Å². The molecule has 110 valence electrons. The van der Waals surface area contributed by atoms with Crippen LogP contribution in [0.25, 0.3) is 0 Å². The minimum atomic E-state index is 0.569. The van der Waals surface area contributed by atoms with Gasteiger partial charge in [0.2, 0.25) is 0 Å². The van der Waals surface area contributed by atoms with E-state index in [0.717, 1.165) is 0 Å². The van der Waals surface area contributed by atoms with Gasteiger partial charge in [-0.3, -0.25) is 0 Å². The second-order valence-electron chi connectivity index (χ2n) is 4.79. The average molecular weight is 315 g/mol. The van der Waals surface area contributed by atoms with E-state index in [1.807, 2.05) is 23.5 Å². The van der Waals surface area contributed by atoms with Gasteiger partial charge in [0.1, 0.15) is 0 Å². The molecule has 0 saturated carbocycles. The van der Waals surface area contributed by atoms with Crippen LogP contribution in [0.4, 0.5) is 0 Å². The molecule has 0 fully saturated rings. The fourth-order valence-electron chi connectivity index (χ4n) is 2.01. The van der Waals surface area contributed by atoms with Crippen molar-refractivity contribution in [3.63, 3.8) is 0 Å². The summed E-state index contributed by atoms with van der Waals surface area (Å²) < 4.78 is 0.569. The van der Waals surface area contributed by atoms with Crippen molar-refractivity contribution in [2.24, 2.45) is 0 Å². The number of rotatable bonds is 8. The molecule has 2 aromatic rings. The second kappa shape index (κ2) is 9.75. The number of benzene rings is 2. The molecule has 2 rings (SSSR count). The summed E-state index contributed by atoms with van der Waals surface area (Å²) in [7, 11) is 0. The molecule has 0 radical (unpaired) electrons. The third-order valence-corrected chi connectivity index (χ3v) is 5.73. The molecule has 0 nitrogen and oxygen atoms in total. The van der Waals surface area contributed by atoms with E-state index >= 15 is 0 Å². The van der Waals surface area contributed by atoms with Crippen LogP contribution >= 0.6 is 23.5 Å². The lowest BCUT2D eigenvalue weighted by molar-refractivity contribution is 0.803. The van der Waals surface area contributed by atoms with Gasteiger partial charge in [0.15, 0.2) is 0 Å². The average Bonchev–Trinajstić information content (AvgIpc) is 2.53. The molecule has 0 spiro atoms.